The lowest BCUT2D eigenvalue weighted by molar-refractivity contribution is -0.384. The number of amides is 1. The number of carbonyl (C=O) groups excluding carboxylic acids is 2. The van der Waals surface area contributed by atoms with Crippen LogP contribution in [0, 0.1) is 16.0 Å². The van der Waals surface area contributed by atoms with Gasteiger partial charge in [-0.25, -0.2) is 0 Å². The number of benzene rings is 1. The maximum atomic E-state index is 12.0. The summed E-state index contributed by atoms with van der Waals surface area (Å²) < 4.78 is 4.67. The summed E-state index contributed by atoms with van der Waals surface area (Å²) in [6, 6.07) is 5.82. The zero-order valence-electron chi connectivity index (χ0n) is 11.8. The summed E-state index contributed by atoms with van der Waals surface area (Å²) in [6.45, 7) is 2.14. The van der Waals surface area contributed by atoms with Gasteiger partial charge in [-0.15, -0.1) is 0 Å². The number of carbonyl (C=O) groups is 2. The van der Waals surface area contributed by atoms with Crippen LogP contribution in [0.4, 0.5) is 5.69 Å². The lowest BCUT2D eigenvalue weighted by atomic mass is 10.1. The standard InChI is InChI=1S/C14H16N2O5/c1-9(10-3-5-12(6-4-10)16(19)20)15-8-11(7-13(15)17)14(18)21-2/h3-6,9,11H,7-8H2,1-2H3/t9-,11?/m0/s1. The van der Waals surface area contributed by atoms with Gasteiger partial charge >= 0.3 is 5.97 Å². The lowest BCUT2D eigenvalue weighted by Crippen LogP contribution is -2.29. The van der Waals surface area contributed by atoms with Gasteiger partial charge in [0.1, 0.15) is 0 Å². The zero-order chi connectivity index (χ0) is 15.6. The highest BCUT2D eigenvalue weighted by Gasteiger charge is 2.37. The maximum absolute atomic E-state index is 12.0. The molecule has 7 heteroatoms. The van der Waals surface area contributed by atoms with Gasteiger partial charge in [0.25, 0.3) is 5.69 Å². The summed E-state index contributed by atoms with van der Waals surface area (Å²) in [5.41, 5.74) is 0.797. The highest BCUT2D eigenvalue weighted by Crippen LogP contribution is 2.29. The Morgan fingerprint density at radius 1 is 1.43 bits per heavy atom. The summed E-state index contributed by atoms with van der Waals surface area (Å²) in [7, 11) is 1.30. The number of nitro groups is 1. The van der Waals surface area contributed by atoms with E-state index in [4.69, 9.17) is 0 Å². The summed E-state index contributed by atoms with van der Waals surface area (Å²) in [6.07, 6.45) is 0.143. The molecule has 1 unspecified atom stereocenters. The van der Waals surface area contributed by atoms with E-state index in [-0.39, 0.29) is 30.0 Å². The Hall–Kier alpha value is -2.44. The number of methoxy groups -OCH3 is 1. The van der Waals surface area contributed by atoms with Crippen LogP contribution in [0.25, 0.3) is 0 Å². The Morgan fingerprint density at radius 3 is 2.57 bits per heavy atom. The largest absolute Gasteiger partial charge is 0.469 e. The fraction of sp³-hybridized carbons (Fsp3) is 0.429. The molecule has 1 fully saturated rings. The zero-order valence-corrected chi connectivity index (χ0v) is 11.8. The molecule has 1 aliphatic rings. The van der Waals surface area contributed by atoms with E-state index in [1.165, 1.54) is 19.2 Å². The smallest absolute Gasteiger partial charge is 0.310 e. The van der Waals surface area contributed by atoms with Crippen LogP contribution in [0.2, 0.25) is 0 Å². The number of hydrogen-bond donors (Lipinski definition) is 0. The van der Waals surface area contributed by atoms with Gasteiger partial charge in [0.15, 0.2) is 0 Å². The predicted molar refractivity (Wildman–Crippen MR) is 73.3 cm³/mol. The molecular weight excluding hydrogens is 276 g/mol. The van der Waals surface area contributed by atoms with E-state index in [9.17, 15) is 19.7 Å². The van der Waals surface area contributed by atoms with Crippen LogP contribution in [0.3, 0.4) is 0 Å². The third-order valence-electron chi connectivity index (χ3n) is 3.75. The van der Waals surface area contributed by atoms with E-state index in [0.29, 0.717) is 6.54 Å². The molecule has 0 spiro atoms. The maximum Gasteiger partial charge on any atom is 0.310 e. The van der Waals surface area contributed by atoms with E-state index in [1.807, 2.05) is 6.92 Å². The van der Waals surface area contributed by atoms with Gasteiger partial charge in [-0.2, -0.15) is 0 Å². The third kappa shape index (κ3) is 3.01. The minimum atomic E-state index is -0.470. The van der Waals surface area contributed by atoms with E-state index in [1.54, 1.807) is 17.0 Å². The third-order valence-corrected chi connectivity index (χ3v) is 3.75. The summed E-state index contributed by atoms with van der Waals surface area (Å²) in [5.74, 6) is -0.944. The monoisotopic (exact) mass is 292 g/mol. The second-order valence-electron chi connectivity index (χ2n) is 4.99. The predicted octanol–water partition coefficient (Wildman–Crippen LogP) is 1.68. The topological polar surface area (TPSA) is 89.8 Å². The van der Waals surface area contributed by atoms with Crippen molar-refractivity contribution >= 4 is 17.6 Å². The quantitative estimate of drug-likeness (QED) is 0.478. The van der Waals surface area contributed by atoms with Crippen molar-refractivity contribution in [1.82, 2.24) is 4.90 Å². The van der Waals surface area contributed by atoms with Crippen molar-refractivity contribution in [3.63, 3.8) is 0 Å². The number of non-ortho nitro benzene ring substituents is 1. The van der Waals surface area contributed by atoms with E-state index < -0.39 is 10.8 Å². The van der Waals surface area contributed by atoms with E-state index in [0.717, 1.165) is 5.56 Å². The van der Waals surface area contributed by atoms with Crippen LogP contribution in [-0.4, -0.2) is 35.4 Å². The molecule has 1 heterocycles. The molecule has 0 bridgehead atoms. The number of rotatable bonds is 4. The molecular formula is C14H16N2O5. The number of esters is 1. The molecule has 2 atom stereocenters. The van der Waals surface area contributed by atoms with Crippen molar-refractivity contribution in [2.24, 2.45) is 5.92 Å². The number of ether oxygens (including phenoxy) is 1. The summed E-state index contributed by atoms with van der Waals surface area (Å²) >= 11 is 0. The number of likely N-dealkylation sites (tertiary alicyclic amines) is 1. The van der Waals surface area contributed by atoms with Crippen molar-refractivity contribution in [2.75, 3.05) is 13.7 Å². The first-order valence-electron chi connectivity index (χ1n) is 6.55. The first-order valence-corrected chi connectivity index (χ1v) is 6.55. The normalized spacial score (nSPS) is 19.4. The van der Waals surface area contributed by atoms with Crippen LogP contribution in [0.5, 0.6) is 0 Å². The Bertz CT molecular complexity index is 569. The molecule has 2 rings (SSSR count). The molecule has 0 N–H and O–H groups in total. The molecule has 112 valence electrons. The van der Waals surface area contributed by atoms with Crippen LogP contribution in [0.15, 0.2) is 24.3 Å². The number of hydrogen-bond acceptors (Lipinski definition) is 5. The molecule has 1 amide bonds. The van der Waals surface area contributed by atoms with Crippen molar-refractivity contribution < 1.29 is 19.2 Å². The fourth-order valence-electron chi connectivity index (χ4n) is 2.48. The van der Waals surface area contributed by atoms with Gasteiger partial charge in [-0.1, -0.05) is 12.1 Å². The first kappa shape index (κ1) is 15.0. The van der Waals surface area contributed by atoms with E-state index in [2.05, 4.69) is 4.74 Å². The van der Waals surface area contributed by atoms with Crippen molar-refractivity contribution in [3.05, 3.63) is 39.9 Å². The van der Waals surface area contributed by atoms with Crippen LogP contribution >= 0.6 is 0 Å². The molecule has 21 heavy (non-hydrogen) atoms. The molecule has 0 saturated carbocycles. The van der Waals surface area contributed by atoms with Crippen molar-refractivity contribution in [2.45, 2.75) is 19.4 Å². The van der Waals surface area contributed by atoms with Gasteiger partial charge in [0.2, 0.25) is 5.91 Å². The molecule has 1 aliphatic heterocycles. The van der Waals surface area contributed by atoms with Gasteiger partial charge < -0.3 is 9.64 Å². The van der Waals surface area contributed by atoms with Gasteiger partial charge in [0.05, 0.1) is 24.0 Å². The minimum absolute atomic E-state index is 0.00568. The second-order valence-corrected chi connectivity index (χ2v) is 4.99. The summed E-state index contributed by atoms with van der Waals surface area (Å²) in [5, 5.41) is 10.6. The molecule has 1 saturated heterocycles. The summed E-state index contributed by atoms with van der Waals surface area (Å²) in [4.78, 5) is 35.3. The molecule has 0 aromatic heterocycles. The number of nitrogens with zero attached hydrogens (tertiary/aromatic N) is 2. The van der Waals surface area contributed by atoms with Crippen molar-refractivity contribution in [1.29, 1.82) is 0 Å². The average Bonchev–Trinajstić information content (AvgIpc) is 2.87. The Balaban J connectivity index is 2.12. The molecule has 0 radical (unpaired) electrons. The molecule has 0 aliphatic carbocycles. The van der Waals surface area contributed by atoms with Crippen LogP contribution < -0.4 is 0 Å². The highest BCUT2D eigenvalue weighted by molar-refractivity contribution is 5.87. The fourth-order valence-corrected chi connectivity index (χ4v) is 2.48. The average molecular weight is 292 g/mol. The number of nitro benzene ring substituents is 1. The lowest BCUT2D eigenvalue weighted by Gasteiger charge is -2.25. The van der Waals surface area contributed by atoms with Gasteiger partial charge in [-0.05, 0) is 12.5 Å². The molecule has 1 aromatic carbocycles. The van der Waals surface area contributed by atoms with E-state index >= 15 is 0 Å². The van der Waals surface area contributed by atoms with Gasteiger partial charge in [-0.3, -0.25) is 19.7 Å². The van der Waals surface area contributed by atoms with Crippen LogP contribution in [0.1, 0.15) is 24.9 Å². The minimum Gasteiger partial charge on any atom is -0.469 e. The Labute approximate surface area is 121 Å². The van der Waals surface area contributed by atoms with Crippen LogP contribution in [-0.2, 0) is 14.3 Å². The second kappa shape index (κ2) is 5.90. The van der Waals surface area contributed by atoms with Gasteiger partial charge in [0, 0.05) is 25.1 Å². The SMILES string of the molecule is COC(=O)C1CC(=O)N([C@@H](C)c2ccc([N+](=O)[O-])cc2)C1. The Kier molecular flexibility index (Phi) is 4.21. The molecule has 7 nitrogen and oxygen atoms in total. The highest BCUT2D eigenvalue weighted by atomic mass is 16.6. The Morgan fingerprint density at radius 2 is 2.05 bits per heavy atom. The first-order chi connectivity index (χ1) is 9.93. The van der Waals surface area contributed by atoms with Crippen molar-refractivity contribution in [3.8, 4) is 0 Å². The molecule has 1 aromatic rings.